The molecule has 0 radical (unpaired) electrons. The zero-order valence-electron chi connectivity index (χ0n) is 8.55. The Kier molecular flexibility index (Phi) is 4.16. The van der Waals surface area contributed by atoms with E-state index in [0.717, 1.165) is 24.0 Å². The van der Waals surface area contributed by atoms with E-state index in [1.165, 1.54) is 0 Å². The summed E-state index contributed by atoms with van der Waals surface area (Å²) in [6, 6.07) is 7.70. The third-order valence-electron chi connectivity index (χ3n) is 2.16. The summed E-state index contributed by atoms with van der Waals surface area (Å²) < 4.78 is 0. The quantitative estimate of drug-likeness (QED) is 0.782. The van der Waals surface area contributed by atoms with Gasteiger partial charge in [-0.25, -0.2) is 0 Å². The molecule has 1 aromatic rings. The van der Waals surface area contributed by atoms with E-state index < -0.39 is 0 Å². The van der Waals surface area contributed by atoms with Gasteiger partial charge in [-0.3, -0.25) is 0 Å². The minimum atomic E-state index is 0.292. The highest BCUT2D eigenvalue weighted by atomic mass is 35.5. The Balaban J connectivity index is 3.21. The highest BCUT2D eigenvalue weighted by Gasteiger charge is 2.08. The number of halogens is 1. The van der Waals surface area contributed by atoms with Crippen LogP contribution in [0.15, 0.2) is 12.1 Å². The van der Waals surface area contributed by atoms with Crippen LogP contribution in [0.5, 0.6) is 0 Å². The SMILES string of the molecule is CCCc1c(Cl)cc(CC#N)cc1C#N. The summed E-state index contributed by atoms with van der Waals surface area (Å²) in [7, 11) is 0. The second-order valence-electron chi connectivity index (χ2n) is 3.30. The molecule has 0 bridgehead atoms. The van der Waals surface area contributed by atoms with E-state index in [-0.39, 0.29) is 0 Å². The van der Waals surface area contributed by atoms with E-state index >= 15 is 0 Å². The maximum Gasteiger partial charge on any atom is 0.0995 e. The molecular weight excluding hydrogens is 208 g/mol. The smallest absolute Gasteiger partial charge is 0.0995 e. The molecule has 0 amide bonds. The first kappa shape index (κ1) is 11.6. The molecule has 0 spiro atoms. The number of rotatable bonds is 3. The highest BCUT2D eigenvalue weighted by Crippen LogP contribution is 2.23. The second kappa shape index (κ2) is 5.39. The van der Waals surface area contributed by atoms with Crippen LogP contribution in [0.4, 0.5) is 0 Å². The lowest BCUT2D eigenvalue weighted by Crippen LogP contribution is -1.94. The van der Waals surface area contributed by atoms with Gasteiger partial charge in [0.1, 0.15) is 0 Å². The molecule has 15 heavy (non-hydrogen) atoms. The topological polar surface area (TPSA) is 47.6 Å². The molecule has 0 atom stereocenters. The van der Waals surface area contributed by atoms with Gasteiger partial charge in [0.2, 0.25) is 0 Å². The van der Waals surface area contributed by atoms with Gasteiger partial charge in [0.25, 0.3) is 0 Å². The van der Waals surface area contributed by atoms with E-state index in [1.54, 1.807) is 12.1 Å². The zero-order chi connectivity index (χ0) is 11.3. The molecule has 0 aromatic heterocycles. The maximum atomic E-state index is 8.97. The van der Waals surface area contributed by atoms with Gasteiger partial charge in [0.05, 0.1) is 24.1 Å². The third-order valence-corrected chi connectivity index (χ3v) is 2.50. The molecule has 0 aliphatic rings. The molecule has 0 saturated carbocycles. The van der Waals surface area contributed by atoms with Gasteiger partial charge in [0, 0.05) is 5.02 Å². The molecule has 3 heteroatoms. The fraction of sp³-hybridized carbons (Fsp3) is 0.333. The van der Waals surface area contributed by atoms with Crippen LogP contribution in [0.2, 0.25) is 5.02 Å². The number of nitriles is 2. The molecular formula is C12H11ClN2. The lowest BCUT2D eigenvalue weighted by molar-refractivity contribution is 0.917. The molecule has 2 nitrogen and oxygen atoms in total. The van der Waals surface area contributed by atoms with Crippen molar-refractivity contribution in [3.8, 4) is 12.1 Å². The lowest BCUT2D eigenvalue weighted by Gasteiger charge is -2.07. The Morgan fingerprint density at radius 3 is 2.60 bits per heavy atom. The average molecular weight is 219 g/mol. The minimum Gasteiger partial charge on any atom is -0.198 e. The minimum absolute atomic E-state index is 0.292. The Labute approximate surface area is 94.7 Å². The summed E-state index contributed by atoms with van der Waals surface area (Å²) in [6.45, 7) is 2.04. The lowest BCUT2D eigenvalue weighted by atomic mass is 10.00. The molecule has 76 valence electrons. The molecule has 0 saturated heterocycles. The molecule has 0 fully saturated rings. The zero-order valence-corrected chi connectivity index (χ0v) is 9.30. The summed E-state index contributed by atoms with van der Waals surface area (Å²) in [4.78, 5) is 0. The van der Waals surface area contributed by atoms with Crippen LogP contribution in [-0.2, 0) is 12.8 Å². The highest BCUT2D eigenvalue weighted by molar-refractivity contribution is 6.31. The Morgan fingerprint density at radius 2 is 2.07 bits per heavy atom. The molecule has 1 rings (SSSR count). The first-order valence-electron chi connectivity index (χ1n) is 4.81. The van der Waals surface area contributed by atoms with E-state index in [2.05, 4.69) is 6.07 Å². The Hall–Kier alpha value is -1.51. The summed E-state index contributed by atoms with van der Waals surface area (Å²) in [5.41, 5.74) is 2.29. The Morgan fingerprint density at radius 1 is 1.33 bits per heavy atom. The van der Waals surface area contributed by atoms with Gasteiger partial charge in [-0.05, 0) is 29.7 Å². The van der Waals surface area contributed by atoms with Gasteiger partial charge in [0.15, 0.2) is 0 Å². The number of nitrogens with zero attached hydrogens (tertiary/aromatic N) is 2. The number of benzene rings is 1. The second-order valence-corrected chi connectivity index (χ2v) is 3.71. The predicted molar refractivity (Wildman–Crippen MR) is 59.5 cm³/mol. The molecule has 0 aliphatic heterocycles. The standard InChI is InChI=1S/C12H11ClN2/c1-2-3-11-10(8-15)6-9(4-5-14)7-12(11)13/h6-7H,2-4H2,1H3. The summed E-state index contributed by atoms with van der Waals surface area (Å²) in [5.74, 6) is 0. The normalized spacial score (nSPS) is 9.33. The third kappa shape index (κ3) is 2.72. The van der Waals surface area contributed by atoms with Gasteiger partial charge < -0.3 is 0 Å². The van der Waals surface area contributed by atoms with E-state index in [0.29, 0.717) is 17.0 Å². The molecule has 1 aromatic carbocycles. The van der Waals surface area contributed by atoms with Crippen LogP contribution < -0.4 is 0 Å². The van der Waals surface area contributed by atoms with Crippen molar-refractivity contribution in [3.05, 3.63) is 33.8 Å². The molecule has 0 unspecified atom stereocenters. The van der Waals surface area contributed by atoms with E-state index in [4.69, 9.17) is 22.1 Å². The van der Waals surface area contributed by atoms with E-state index in [1.807, 2.05) is 13.0 Å². The van der Waals surface area contributed by atoms with Gasteiger partial charge in [-0.15, -0.1) is 0 Å². The number of hydrogen-bond acceptors (Lipinski definition) is 2. The van der Waals surface area contributed by atoms with Crippen molar-refractivity contribution in [1.82, 2.24) is 0 Å². The first-order valence-corrected chi connectivity index (χ1v) is 5.19. The van der Waals surface area contributed by atoms with Crippen molar-refractivity contribution in [2.45, 2.75) is 26.2 Å². The Bertz CT molecular complexity index is 438. The van der Waals surface area contributed by atoms with Crippen molar-refractivity contribution in [3.63, 3.8) is 0 Å². The predicted octanol–water partition coefficient (Wildman–Crippen LogP) is 3.23. The summed E-state index contributed by atoms with van der Waals surface area (Å²) in [6.07, 6.45) is 2.04. The van der Waals surface area contributed by atoms with Crippen LogP contribution >= 0.6 is 11.6 Å². The van der Waals surface area contributed by atoms with Crippen LogP contribution in [0.25, 0.3) is 0 Å². The average Bonchev–Trinajstić information content (AvgIpc) is 2.22. The van der Waals surface area contributed by atoms with Crippen LogP contribution in [0.3, 0.4) is 0 Å². The number of hydrogen-bond donors (Lipinski definition) is 0. The van der Waals surface area contributed by atoms with Gasteiger partial charge >= 0.3 is 0 Å². The maximum absolute atomic E-state index is 8.97. The van der Waals surface area contributed by atoms with Crippen molar-refractivity contribution < 1.29 is 0 Å². The molecule has 0 N–H and O–H groups in total. The first-order chi connectivity index (χ1) is 7.22. The van der Waals surface area contributed by atoms with Crippen molar-refractivity contribution >= 4 is 11.6 Å². The van der Waals surface area contributed by atoms with Crippen molar-refractivity contribution in [2.75, 3.05) is 0 Å². The fourth-order valence-corrected chi connectivity index (χ4v) is 1.83. The van der Waals surface area contributed by atoms with Crippen LogP contribution in [0, 0.1) is 22.7 Å². The monoisotopic (exact) mass is 218 g/mol. The van der Waals surface area contributed by atoms with Crippen LogP contribution in [0.1, 0.15) is 30.0 Å². The van der Waals surface area contributed by atoms with Gasteiger partial charge in [-0.1, -0.05) is 24.9 Å². The van der Waals surface area contributed by atoms with Crippen LogP contribution in [-0.4, -0.2) is 0 Å². The fourth-order valence-electron chi connectivity index (χ4n) is 1.49. The molecule has 0 heterocycles. The van der Waals surface area contributed by atoms with Crippen molar-refractivity contribution in [1.29, 1.82) is 10.5 Å². The largest absolute Gasteiger partial charge is 0.198 e. The van der Waals surface area contributed by atoms with E-state index in [9.17, 15) is 0 Å². The molecule has 0 aliphatic carbocycles. The van der Waals surface area contributed by atoms with Gasteiger partial charge in [-0.2, -0.15) is 10.5 Å². The summed E-state index contributed by atoms with van der Waals surface area (Å²) in [5, 5.41) is 18.1. The van der Waals surface area contributed by atoms with Crippen molar-refractivity contribution in [2.24, 2.45) is 0 Å². The summed E-state index contributed by atoms with van der Waals surface area (Å²) >= 11 is 6.07.